The highest BCUT2D eigenvalue weighted by Crippen LogP contribution is 2.37. The van der Waals surface area contributed by atoms with E-state index in [4.69, 9.17) is 19.9 Å². The third kappa shape index (κ3) is 6.33. The van der Waals surface area contributed by atoms with Gasteiger partial charge in [0.25, 0.3) is 0 Å². The molecule has 0 radical (unpaired) electrons. The summed E-state index contributed by atoms with van der Waals surface area (Å²) in [5.41, 5.74) is 4.70. The molecule has 0 saturated carbocycles. The van der Waals surface area contributed by atoms with Crippen LogP contribution < -0.4 is 20.4 Å². The second-order valence-corrected chi connectivity index (χ2v) is 13.3. The molecular weight excluding hydrogens is 628 g/mol. The predicted octanol–water partition coefficient (Wildman–Crippen LogP) is 5.34. The van der Waals surface area contributed by atoms with Crippen LogP contribution in [0, 0.1) is 23.1 Å². The lowest BCUT2D eigenvalue weighted by Gasteiger charge is -2.32. The molecule has 5 aromatic rings. The number of pyridine rings is 1. The lowest BCUT2D eigenvalue weighted by atomic mass is 9.95. The quantitative estimate of drug-likeness (QED) is 0.226. The molecule has 0 unspecified atom stereocenters. The van der Waals surface area contributed by atoms with Crippen molar-refractivity contribution in [3.63, 3.8) is 0 Å². The zero-order valence-corrected chi connectivity index (χ0v) is 27.8. The summed E-state index contributed by atoms with van der Waals surface area (Å²) < 4.78 is 15.6. The number of halogens is 1. The number of aryl methyl sites for hydroxylation is 1. The van der Waals surface area contributed by atoms with E-state index in [1.807, 2.05) is 47.1 Å². The number of imidazole rings is 1. The van der Waals surface area contributed by atoms with Crippen LogP contribution in [0.25, 0.3) is 28.0 Å². The fraction of sp³-hybridized carbons (Fsp3) is 0.371. The first kappa shape index (κ1) is 31.7. The van der Waals surface area contributed by atoms with Gasteiger partial charge in [0, 0.05) is 67.4 Å². The SMILES string of the molecule is CCc1nc2ccc(-c3cnc(N4CCC(C(=O)NC5CCNCC5)CC4)nc3)cn2c1N(C)c1nc(-c2ccc(F)cc2)c(C#N)s1. The van der Waals surface area contributed by atoms with Gasteiger partial charge in [0.05, 0.1) is 5.69 Å². The van der Waals surface area contributed by atoms with Crippen molar-refractivity contribution in [1.82, 2.24) is 35.0 Å². The molecular formula is C35H37FN10OS. The summed E-state index contributed by atoms with van der Waals surface area (Å²) in [4.78, 5) is 36.5. The van der Waals surface area contributed by atoms with Gasteiger partial charge < -0.3 is 20.4 Å². The van der Waals surface area contributed by atoms with Crippen molar-refractivity contribution in [2.24, 2.45) is 5.92 Å². The molecule has 0 aliphatic carbocycles. The van der Waals surface area contributed by atoms with Gasteiger partial charge in [-0.25, -0.2) is 24.3 Å². The van der Waals surface area contributed by atoms with Crippen molar-refractivity contribution < 1.29 is 9.18 Å². The number of fused-ring (bicyclic) bond motifs is 1. The molecule has 0 atom stereocenters. The first-order valence-corrected chi connectivity index (χ1v) is 17.2. The smallest absolute Gasteiger partial charge is 0.225 e. The molecule has 2 fully saturated rings. The van der Waals surface area contributed by atoms with E-state index < -0.39 is 0 Å². The summed E-state index contributed by atoms with van der Waals surface area (Å²) in [6.07, 6.45) is 9.97. The molecule has 2 N–H and O–H groups in total. The van der Waals surface area contributed by atoms with Crippen LogP contribution in [0.1, 0.15) is 43.2 Å². The van der Waals surface area contributed by atoms with Gasteiger partial charge in [-0.2, -0.15) is 5.26 Å². The zero-order chi connectivity index (χ0) is 33.2. The number of nitriles is 1. The average molecular weight is 665 g/mol. The largest absolute Gasteiger partial charge is 0.353 e. The molecule has 7 rings (SSSR count). The monoisotopic (exact) mass is 664 g/mol. The fourth-order valence-corrected chi connectivity index (χ4v) is 7.38. The van der Waals surface area contributed by atoms with E-state index in [0.717, 1.165) is 80.1 Å². The zero-order valence-electron chi connectivity index (χ0n) is 27.0. The van der Waals surface area contributed by atoms with Crippen molar-refractivity contribution in [3.8, 4) is 28.5 Å². The molecule has 13 heteroatoms. The number of anilines is 3. The Morgan fingerprint density at radius 1 is 1.04 bits per heavy atom. The third-order valence-electron chi connectivity index (χ3n) is 9.24. The Labute approximate surface area is 282 Å². The van der Waals surface area contributed by atoms with E-state index in [9.17, 15) is 14.4 Å². The molecule has 11 nitrogen and oxygen atoms in total. The van der Waals surface area contributed by atoms with Gasteiger partial charge in [-0.05, 0) is 81.6 Å². The van der Waals surface area contributed by atoms with Gasteiger partial charge in [0.1, 0.15) is 33.9 Å². The number of thiazole rings is 1. The summed E-state index contributed by atoms with van der Waals surface area (Å²) in [5.74, 6) is 1.39. The molecule has 6 heterocycles. The van der Waals surface area contributed by atoms with Gasteiger partial charge in [0.2, 0.25) is 11.9 Å². The highest BCUT2D eigenvalue weighted by atomic mass is 32.1. The maximum absolute atomic E-state index is 13.6. The van der Waals surface area contributed by atoms with Gasteiger partial charge in [-0.3, -0.25) is 9.20 Å². The van der Waals surface area contributed by atoms with E-state index in [1.54, 1.807) is 12.1 Å². The van der Waals surface area contributed by atoms with Crippen LogP contribution in [-0.4, -0.2) is 69.5 Å². The summed E-state index contributed by atoms with van der Waals surface area (Å²) in [6, 6.07) is 12.5. The summed E-state index contributed by atoms with van der Waals surface area (Å²) in [6.45, 7) is 5.47. The Morgan fingerprint density at radius 3 is 2.44 bits per heavy atom. The van der Waals surface area contributed by atoms with Gasteiger partial charge in [0.15, 0.2) is 5.13 Å². The van der Waals surface area contributed by atoms with Crippen molar-refractivity contribution in [1.29, 1.82) is 5.26 Å². The van der Waals surface area contributed by atoms with Crippen molar-refractivity contribution in [2.45, 2.75) is 45.1 Å². The number of nitrogens with one attached hydrogen (secondary N) is 2. The van der Waals surface area contributed by atoms with Crippen molar-refractivity contribution in [3.05, 3.63) is 71.4 Å². The van der Waals surface area contributed by atoms with E-state index >= 15 is 0 Å². The third-order valence-corrected chi connectivity index (χ3v) is 10.3. The number of rotatable bonds is 8. The molecule has 0 spiro atoms. The number of hydrogen-bond donors (Lipinski definition) is 2. The number of carbonyl (C=O) groups excluding carboxylic acids is 1. The van der Waals surface area contributed by atoms with Crippen LogP contribution in [0.2, 0.25) is 0 Å². The molecule has 2 aliphatic heterocycles. The van der Waals surface area contributed by atoms with E-state index in [-0.39, 0.29) is 23.7 Å². The molecule has 2 saturated heterocycles. The standard InChI is InChI=1S/C35H37FN10OS/c1-3-28-33(44(2)35-43-31(29(18-37)48-35)22-4-7-26(36)8-5-22)46-21-24(6-9-30(46)42-28)25-19-39-34(40-20-25)45-16-12-23(13-17-45)32(47)41-27-10-14-38-15-11-27/h4-9,19-21,23,27,38H,3,10-17H2,1-2H3,(H,41,47). The molecule has 1 aromatic carbocycles. The highest BCUT2D eigenvalue weighted by Gasteiger charge is 2.28. The Balaban J connectivity index is 1.09. The predicted molar refractivity (Wildman–Crippen MR) is 185 cm³/mol. The van der Waals surface area contributed by atoms with Crippen LogP contribution in [0.5, 0.6) is 0 Å². The molecule has 246 valence electrons. The Kier molecular flexibility index (Phi) is 9.01. The number of aromatic nitrogens is 5. The lowest BCUT2D eigenvalue weighted by molar-refractivity contribution is -0.126. The minimum atomic E-state index is -0.340. The Bertz CT molecular complexity index is 1950. The van der Waals surface area contributed by atoms with Crippen LogP contribution >= 0.6 is 11.3 Å². The maximum Gasteiger partial charge on any atom is 0.225 e. The second-order valence-electron chi connectivity index (χ2n) is 12.3. The second kappa shape index (κ2) is 13.7. The molecule has 0 bridgehead atoms. The van der Waals surface area contributed by atoms with Crippen molar-refractivity contribution in [2.75, 3.05) is 43.0 Å². The normalized spacial score (nSPS) is 15.8. The number of nitrogens with zero attached hydrogens (tertiary/aromatic N) is 8. The highest BCUT2D eigenvalue weighted by molar-refractivity contribution is 7.16. The first-order chi connectivity index (χ1) is 23.4. The van der Waals surface area contributed by atoms with Crippen LogP contribution in [0.15, 0.2) is 55.0 Å². The first-order valence-electron chi connectivity index (χ1n) is 16.4. The summed E-state index contributed by atoms with van der Waals surface area (Å²) in [5, 5.41) is 17.1. The molecule has 2 aliphatic rings. The molecule has 4 aromatic heterocycles. The van der Waals surface area contributed by atoms with Crippen molar-refractivity contribution >= 4 is 39.8 Å². The van der Waals surface area contributed by atoms with Gasteiger partial charge >= 0.3 is 0 Å². The Hall–Kier alpha value is -4.93. The number of amides is 1. The molecule has 1 amide bonds. The average Bonchev–Trinajstić information content (AvgIpc) is 3.74. The lowest BCUT2D eigenvalue weighted by Crippen LogP contribution is -2.47. The number of benzene rings is 1. The Morgan fingerprint density at radius 2 is 1.75 bits per heavy atom. The van der Waals surface area contributed by atoms with E-state index in [2.05, 4.69) is 28.5 Å². The maximum atomic E-state index is 13.6. The number of piperidine rings is 2. The minimum absolute atomic E-state index is 0.0306. The number of carbonyl (C=O) groups is 1. The fourth-order valence-electron chi connectivity index (χ4n) is 6.53. The van der Waals surface area contributed by atoms with Crippen LogP contribution in [0.3, 0.4) is 0 Å². The van der Waals surface area contributed by atoms with Gasteiger partial charge in [-0.1, -0.05) is 18.3 Å². The van der Waals surface area contributed by atoms with Crippen LogP contribution in [0.4, 0.5) is 21.3 Å². The minimum Gasteiger partial charge on any atom is -0.353 e. The van der Waals surface area contributed by atoms with Crippen LogP contribution in [-0.2, 0) is 11.2 Å². The number of hydrogen-bond acceptors (Lipinski definition) is 10. The topological polar surface area (TPSA) is 127 Å². The van der Waals surface area contributed by atoms with E-state index in [1.165, 1.54) is 23.5 Å². The summed E-state index contributed by atoms with van der Waals surface area (Å²) in [7, 11) is 1.92. The van der Waals surface area contributed by atoms with Gasteiger partial charge in [-0.15, -0.1) is 0 Å². The summed E-state index contributed by atoms with van der Waals surface area (Å²) >= 11 is 1.29. The van der Waals surface area contributed by atoms with E-state index in [0.29, 0.717) is 33.6 Å². The molecule has 48 heavy (non-hydrogen) atoms.